The summed E-state index contributed by atoms with van der Waals surface area (Å²) in [7, 11) is 0. The number of hydrogen-bond acceptors (Lipinski definition) is 2. The van der Waals surface area contributed by atoms with E-state index in [9.17, 15) is 9.59 Å². The standard InChI is InChI=1S/C25H34N2O2/c1-5-11-24(28)27(18-22-15-10-9-12-20(22)4)23(25(29)26-17-19(2)3)16-21-13-7-6-8-14-21/h6-10,12-15,19,23H,5,11,16-18H2,1-4H3,(H,26,29). The first-order valence-electron chi connectivity index (χ1n) is 10.6. The number of nitrogens with zero attached hydrogens (tertiary/aromatic N) is 1. The molecule has 4 nitrogen and oxygen atoms in total. The van der Waals surface area contributed by atoms with Crippen molar-refractivity contribution in [3.8, 4) is 0 Å². The second-order valence-corrected chi connectivity index (χ2v) is 8.04. The maximum absolute atomic E-state index is 13.2. The molecule has 0 fully saturated rings. The van der Waals surface area contributed by atoms with Gasteiger partial charge in [0.2, 0.25) is 11.8 Å². The molecule has 1 unspecified atom stereocenters. The molecule has 2 aromatic rings. The number of nitrogens with one attached hydrogen (secondary N) is 1. The topological polar surface area (TPSA) is 49.4 Å². The van der Waals surface area contributed by atoms with Crippen molar-refractivity contribution in [2.75, 3.05) is 6.54 Å². The Morgan fingerprint density at radius 1 is 1.00 bits per heavy atom. The van der Waals surface area contributed by atoms with Crippen LogP contribution >= 0.6 is 0 Å². The zero-order valence-electron chi connectivity index (χ0n) is 18.2. The molecule has 2 aromatic carbocycles. The van der Waals surface area contributed by atoms with E-state index in [1.165, 1.54) is 0 Å². The number of rotatable bonds is 10. The van der Waals surface area contributed by atoms with Gasteiger partial charge in [-0.3, -0.25) is 9.59 Å². The van der Waals surface area contributed by atoms with Crippen LogP contribution in [0.4, 0.5) is 0 Å². The minimum Gasteiger partial charge on any atom is -0.354 e. The predicted molar refractivity (Wildman–Crippen MR) is 118 cm³/mol. The van der Waals surface area contributed by atoms with E-state index in [1.54, 1.807) is 4.90 Å². The van der Waals surface area contributed by atoms with Gasteiger partial charge in [0.05, 0.1) is 0 Å². The van der Waals surface area contributed by atoms with Gasteiger partial charge in [-0.25, -0.2) is 0 Å². The molecule has 0 saturated carbocycles. The van der Waals surface area contributed by atoms with Crippen molar-refractivity contribution >= 4 is 11.8 Å². The van der Waals surface area contributed by atoms with Crippen molar-refractivity contribution < 1.29 is 9.59 Å². The highest BCUT2D eigenvalue weighted by molar-refractivity contribution is 5.88. The lowest BCUT2D eigenvalue weighted by atomic mass is 10.0. The third-order valence-electron chi connectivity index (χ3n) is 5.02. The molecule has 2 rings (SSSR count). The number of hydrogen-bond donors (Lipinski definition) is 1. The van der Waals surface area contributed by atoms with Crippen LogP contribution in [-0.2, 0) is 22.6 Å². The Hall–Kier alpha value is -2.62. The molecule has 4 heteroatoms. The minimum absolute atomic E-state index is 0.0244. The fourth-order valence-electron chi connectivity index (χ4n) is 3.30. The smallest absolute Gasteiger partial charge is 0.243 e. The summed E-state index contributed by atoms with van der Waals surface area (Å²) in [6, 6.07) is 17.5. The quantitative estimate of drug-likeness (QED) is 0.645. The minimum atomic E-state index is -0.533. The van der Waals surface area contributed by atoms with Gasteiger partial charge in [-0.1, -0.05) is 75.4 Å². The first-order chi connectivity index (χ1) is 13.9. The summed E-state index contributed by atoms with van der Waals surface area (Å²) in [4.78, 5) is 28.0. The Balaban J connectivity index is 2.36. The summed E-state index contributed by atoms with van der Waals surface area (Å²) in [6.07, 6.45) is 1.70. The van der Waals surface area contributed by atoms with E-state index in [0.29, 0.717) is 31.8 Å². The van der Waals surface area contributed by atoms with E-state index in [2.05, 4.69) is 19.2 Å². The van der Waals surface area contributed by atoms with Crippen molar-refractivity contribution in [2.45, 2.75) is 59.5 Å². The summed E-state index contributed by atoms with van der Waals surface area (Å²) in [5.74, 6) is 0.296. The molecule has 0 aliphatic heterocycles. The van der Waals surface area contributed by atoms with Gasteiger partial charge in [-0.2, -0.15) is 0 Å². The molecule has 156 valence electrons. The number of carbonyl (C=O) groups is 2. The first-order valence-corrected chi connectivity index (χ1v) is 10.6. The molecule has 0 aromatic heterocycles. The summed E-state index contributed by atoms with van der Waals surface area (Å²) < 4.78 is 0. The van der Waals surface area contributed by atoms with Crippen molar-refractivity contribution in [2.24, 2.45) is 5.92 Å². The Kier molecular flexibility index (Phi) is 8.91. The van der Waals surface area contributed by atoms with Gasteiger partial charge in [0.1, 0.15) is 6.04 Å². The van der Waals surface area contributed by atoms with Crippen LogP contribution in [0.15, 0.2) is 54.6 Å². The number of amides is 2. The van der Waals surface area contributed by atoms with Crippen LogP contribution in [-0.4, -0.2) is 29.3 Å². The van der Waals surface area contributed by atoms with Crippen LogP contribution < -0.4 is 5.32 Å². The SMILES string of the molecule is CCCC(=O)N(Cc1ccccc1C)C(Cc1ccccc1)C(=O)NCC(C)C. The van der Waals surface area contributed by atoms with Crippen LogP contribution in [0.25, 0.3) is 0 Å². The lowest BCUT2D eigenvalue weighted by molar-refractivity contribution is -0.141. The lowest BCUT2D eigenvalue weighted by Gasteiger charge is -2.32. The van der Waals surface area contributed by atoms with Crippen LogP contribution in [0.2, 0.25) is 0 Å². The Bertz CT molecular complexity index is 786. The molecule has 1 atom stereocenters. The summed E-state index contributed by atoms with van der Waals surface area (Å²) in [5.41, 5.74) is 3.26. The summed E-state index contributed by atoms with van der Waals surface area (Å²) in [6.45, 7) is 9.22. The Morgan fingerprint density at radius 2 is 1.66 bits per heavy atom. The molecule has 0 radical (unpaired) electrons. The molecule has 29 heavy (non-hydrogen) atoms. The summed E-state index contributed by atoms with van der Waals surface area (Å²) in [5, 5.41) is 3.05. The van der Waals surface area contributed by atoms with Crippen molar-refractivity contribution in [1.82, 2.24) is 10.2 Å². The van der Waals surface area contributed by atoms with Crippen LogP contribution in [0.3, 0.4) is 0 Å². The molecule has 0 saturated heterocycles. The van der Waals surface area contributed by atoms with Crippen LogP contribution in [0, 0.1) is 12.8 Å². The van der Waals surface area contributed by atoms with Crippen molar-refractivity contribution in [1.29, 1.82) is 0 Å². The highest BCUT2D eigenvalue weighted by atomic mass is 16.2. The first kappa shape index (κ1) is 22.7. The fraction of sp³-hybridized carbons (Fsp3) is 0.440. The van der Waals surface area contributed by atoms with Crippen LogP contribution in [0.1, 0.15) is 50.3 Å². The zero-order chi connectivity index (χ0) is 21.2. The van der Waals surface area contributed by atoms with Crippen LogP contribution in [0.5, 0.6) is 0 Å². The van der Waals surface area contributed by atoms with Gasteiger partial charge in [-0.15, -0.1) is 0 Å². The highest BCUT2D eigenvalue weighted by Crippen LogP contribution is 2.18. The molecule has 0 aliphatic carbocycles. The third kappa shape index (κ3) is 7.04. The van der Waals surface area contributed by atoms with Crippen molar-refractivity contribution in [3.63, 3.8) is 0 Å². The van der Waals surface area contributed by atoms with E-state index in [-0.39, 0.29) is 11.8 Å². The number of carbonyl (C=O) groups excluding carboxylic acids is 2. The molecular formula is C25H34N2O2. The molecule has 0 bridgehead atoms. The Morgan fingerprint density at radius 3 is 2.28 bits per heavy atom. The molecule has 0 aliphatic rings. The third-order valence-corrected chi connectivity index (χ3v) is 5.02. The van der Waals surface area contributed by atoms with E-state index in [4.69, 9.17) is 0 Å². The molecule has 1 N–H and O–H groups in total. The van der Waals surface area contributed by atoms with Gasteiger partial charge in [-0.05, 0) is 36.0 Å². The maximum atomic E-state index is 13.2. The number of aryl methyl sites for hydroxylation is 1. The summed E-state index contributed by atoms with van der Waals surface area (Å²) >= 11 is 0. The maximum Gasteiger partial charge on any atom is 0.243 e. The highest BCUT2D eigenvalue weighted by Gasteiger charge is 2.30. The van der Waals surface area contributed by atoms with Gasteiger partial charge in [0.15, 0.2) is 0 Å². The van der Waals surface area contributed by atoms with E-state index in [0.717, 1.165) is 23.1 Å². The van der Waals surface area contributed by atoms with Gasteiger partial charge < -0.3 is 10.2 Å². The van der Waals surface area contributed by atoms with E-state index in [1.807, 2.05) is 68.4 Å². The average Bonchev–Trinajstić information content (AvgIpc) is 2.71. The van der Waals surface area contributed by atoms with Gasteiger partial charge in [0, 0.05) is 25.9 Å². The molecular weight excluding hydrogens is 360 g/mol. The van der Waals surface area contributed by atoms with E-state index < -0.39 is 6.04 Å². The zero-order valence-corrected chi connectivity index (χ0v) is 18.2. The molecule has 0 heterocycles. The largest absolute Gasteiger partial charge is 0.354 e. The second-order valence-electron chi connectivity index (χ2n) is 8.04. The van der Waals surface area contributed by atoms with Gasteiger partial charge >= 0.3 is 0 Å². The molecule has 2 amide bonds. The average molecular weight is 395 g/mol. The second kappa shape index (κ2) is 11.4. The monoisotopic (exact) mass is 394 g/mol. The fourth-order valence-corrected chi connectivity index (χ4v) is 3.30. The number of benzene rings is 2. The lowest BCUT2D eigenvalue weighted by Crippen LogP contribution is -2.51. The molecule has 0 spiro atoms. The predicted octanol–water partition coefficient (Wildman–Crippen LogP) is 4.51. The normalized spacial score (nSPS) is 11.9. The van der Waals surface area contributed by atoms with E-state index >= 15 is 0 Å². The van der Waals surface area contributed by atoms with Crippen molar-refractivity contribution in [3.05, 3.63) is 71.3 Å². The Labute approximate surface area is 175 Å². The van der Waals surface area contributed by atoms with Gasteiger partial charge in [0.25, 0.3) is 0 Å².